The van der Waals surface area contributed by atoms with Crippen LogP contribution in [0.15, 0.2) is 24.3 Å². The summed E-state index contributed by atoms with van der Waals surface area (Å²) >= 11 is 0. The van der Waals surface area contributed by atoms with Gasteiger partial charge in [-0.3, -0.25) is 0 Å². The van der Waals surface area contributed by atoms with Gasteiger partial charge >= 0.3 is 0 Å². The predicted molar refractivity (Wildman–Crippen MR) is 59.2 cm³/mol. The maximum Gasteiger partial charge on any atom is 0.165 e. The van der Waals surface area contributed by atoms with Crippen LogP contribution in [0.4, 0.5) is 4.39 Å². The van der Waals surface area contributed by atoms with E-state index in [0.717, 1.165) is 11.1 Å². The van der Waals surface area contributed by atoms with Gasteiger partial charge in [0.2, 0.25) is 0 Å². The minimum absolute atomic E-state index is 0.344. The lowest BCUT2D eigenvalue weighted by Gasteiger charge is -2.16. The Balaban J connectivity index is 3.12. The molecule has 1 aromatic rings. The lowest BCUT2D eigenvalue weighted by Crippen LogP contribution is -2.12. The number of halogens is 1. The van der Waals surface area contributed by atoms with E-state index < -0.39 is 11.9 Å². The molecule has 3 N–H and O–H groups in total. The Morgan fingerprint density at radius 3 is 2.73 bits per heavy atom. The van der Waals surface area contributed by atoms with E-state index >= 15 is 0 Å². The molecule has 0 saturated heterocycles. The Hall–Kier alpha value is -1.35. The lowest BCUT2D eigenvalue weighted by atomic mass is 9.96. The summed E-state index contributed by atoms with van der Waals surface area (Å²) in [5.74, 6) is -0.975. The summed E-state index contributed by atoms with van der Waals surface area (Å²) in [6, 6.07) is 2.45. The van der Waals surface area contributed by atoms with Gasteiger partial charge < -0.3 is 10.8 Å². The van der Waals surface area contributed by atoms with Crippen molar-refractivity contribution in [1.82, 2.24) is 0 Å². The summed E-state index contributed by atoms with van der Waals surface area (Å²) in [4.78, 5) is 0. The highest BCUT2D eigenvalue weighted by Gasteiger charge is 2.16. The first-order valence-corrected chi connectivity index (χ1v) is 4.81. The van der Waals surface area contributed by atoms with E-state index in [-0.39, 0.29) is 5.75 Å². The van der Waals surface area contributed by atoms with Crippen LogP contribution in [-0.4, -0.2) is 5.11 Å². The van der Waals surface area contributed by atoms with Crippen molar-refractivity contribution in [1.29, 1.82) is 0 Å². The second-order valence-corrected chi connectivity index (χ2v) is 3.89. The van der Waals surface area contributed by atoms with Gasteiger partial charge in [0.1, 0.15) is 0 Å². The largest absolute Gasteiger partial charge is 0.505 e. The van der Waals surface area contributed by atoms with Gasteiger partial charge in [-0.1, -0.05) is 11.6 Å². The van der Waals surface area contributed by atoms with Crippen molar-refractivity contribution < 1.29 is 9.50 Å². The maximum absolute atomic E-state index is 13.1. The zero-order valence-corrected chi connectivity index (χ0v) is 9.05. The summed E-state index contributed by atoms with van der Waals surface area (Å²) in [6.07, 6.45) is 0.540. The number of aryl methyl sites for hydroxylation is 1. The highest BCUT2D eigenvalue weighted by atomic mass is 19.1. The summed E-state index contributed by atoms with van der Waals surface area (Å²) < 4.78 is 13.1. The van der Waals surface area contributed by atoms with Crippen LogP contribution >= 0.6 is 0 Å². The number of aromatic hydroxyl groups is 1. The van der Waals surface area contributed by atoms with E-state index in [1.807, 2.05) is 6.92 Å². The van der Waals surface area contributed by atoms with Crippen LogP contribution in [0, 0.1) is 12.7 Å². The van der Waals surface area contributed by atoms with Crippen molar-refractivity contribution in [2.45, 2.75) is 26.3 Å². The molecule has 0 bridgehead atoms. The van der Waals surface area contributed by atoms with Gasteiger partial charge in [0, 0.05) is 11.6 Å². The molecule has 82 valence electrons. The van der Waals surface area contributed by atoms with E-state index in [9.17, 15) is 9.50 Å². The third-order valence-electron chi connectivity index (χ3n) is 2.33. The Morgan fingerprint density at radius 2 is 2.20 bits per heavy atom. The molecule has 1 rings (SSSR count). The summed E-state index contributed by atoms with van der Waals surface area (Å²) in [7, 11) is 0. The fourth-order valence-corrected chi connectivity index (χ4v) is 1.63. The molecule has 0 heterocycles. The average molecular weight is 209 g/mol. The van der Waals surface area contributed by atoms with Crippen molar-refractivity contribution in [2.75, 3.05) is 0 Å². The smallest absolute Gasteiger partial charge is 0.165 e. The lowest BCUT2D eigenvalue weighted by molar-refractivity contribution is 0.419. The third-order valence-corrected chi connectivity index (χ3v) is 2.33. The number of nitrogens with two attached hydrogens (primary N) is 1. The normalized spacial score (nSPS) is 12.5. The molecule has 15 heavy (non-hydrogen) atoms. The predicted octanol–water partition coefficient (Wildman–Crippen LogP) is 2.81. The van der Waals surface area contributed by atoms with Crippen LogP contribution in [0.25, 0.3) is 0 Å². The van der Waals surface area contributed by atoms with Crippen LogP contribution in [0.2, 0.25) is 0 Å². The van der Waals surface area contributed by atoms with Crippen molar-refractivity contribution in [3.8, 4) is 5.75 Å². The molecule has 0 spiro atoms. The first-order chi connectivity index (χ1) is 6.93. The molecule has 0 fully saturated rings. The molecule has 3 heteroatoms. The number of hydrogen-bond donors (Lipinski definition) is 2. The Kier molecular flexibility index (Phi) is 3.48. The van der Waals surface area contributed by atoms with Gasteiger partial charge in [0.05, 0.1) is 0 Å². The van der Waals surface area contributed by atoms with Gasteiger partial charge in [-0.15, -0.1) is 6.58 Å². The average Bonchev–Trinajstić information content (AvgIpc) is 2.11. The van der Waals surface area contributed by atoms with Crippen LogP contribution in [-0.2, 0) is 0 Å². The van der Waals surface area contributed by atoms with Crippen molar-refractivity contribution in [3.05, 3.63) is 41.2 Å². The molecule has 1 aromatic carbocycles. The quantitative estimate of drug-likeness (QED) is 0.752. The standard InChI is InChI=1S/C12H16FNO/c1-7(2)6-10(14)11-8(3)4-5-9(13)12(11)15/h4-5,10,15H,1,6,14H2,2-3H3/t10-/m0/s1. The first kappa shape index (κ1) is 11.7. The molecule has 0 aliphatic rings. The number of hydrogen-bond acceptors (Lipinski definition) is 2. The zero-order valence-electron chi connectivity index (χ0n) is 9.05. The summed E-state index contributed by atoms with van der Waals surface area (Å²) in [6.45, 7) is 7.40. The SMILES string of the molecule is C=C(C)C[C@H](N)c1c(C)ccc(F)c1O. The van der Waals surface area contributed by atoms with Crippen molar-refractivity contribution >= 4 is 0 Å². The molecule has 0 saturated carbocycles. The molecule has 0 radical (unpaired) electrons. The van der Waals surface area contributed by atoms with E-state index in [2.05, 4.69) is 6.58 Å². The Bertz CT molecular complexity index is 387. The third kappa shape index (κ3) is 2.57. The van der Waals surface area contributed by atoms with Gasteiger partial charge in [0.25, 0.3) is 0 Å². The zero-order chi connectivity index (χ0) is 11.6. The fraction of sp³-hybridized carbons (Fsp3) is 0.333. The number of phenolic OH excluding ortho intramolecular Hbond substituents is 1. The Labute approximate surface area is 89.2 Å². The van der Waals surface area contributed by atoms with Crippen LogP contribution in [0.5, 0.6) is 5.75 Å². The van der Waals surface area contributed by atoms with Crippen molar-refractivity contribution in [2.24, 2.45) is 5.73 Å². The second-order valence-electron chi connectivity index (χ2n) is 3.89. The molecule has 0 aromatic heterocycles. The second kappa shape index (κ2) is 4.45. The van der Waals surface area contributed by atoms with E-state index in [4.69, 9.17) is 5.73 Å². The highest BCUT2D eigenvalue weighted by Crippen LogP contribution is 2.31. The van der Waals surface area contributed by atoms with Gasteiger partial charge in [-0.25, -0.2) is 4.39 Å². The van der Waals surface area contributed by atoms with E-state index in [1.54, 1.807) is 13.0 Å². The molecule has 0 aliphatic heterocycles. The molecular formula is C12H16FNO. The molecule has 0 aliphatic carbocycles. The molecule has 0 amide bonds. The topological polar surface area (TPSA) is 46.2 Å². The summed E-state index contributed by atoms with van der Waals surface area (Å²) in [5, 5.41) is 9.58. The van der Waals surface area contributed by atoms with Gasteiger partial charge in [-0.05, 0) is 31.9 Å². The molecule has 2 nitrogen and oxygen atoms in total. The minimum atomic E-state index is -0.632. The van der Waals surface area contributed by atoms with Crippen LogP contribution in [0.1, 0.15) is 30.5 Å². The van der Waals surface area contributed by atoms with E-state index in [1.165, 1.54) is 6.07 Å². The number of phenols is 1. The van der Waals surface area contributed by atoms with Crippen molar-refractivity contribution in [3.63, 3.8) is 0 Å². The van der Waals surface area contributed by atoms with Gasteiger partial charge in [0.15, 0.2) is 11.6 Å². The Morgan fingerprint density at radius 1 is 1.60 bits per heavy atom. The first-order valence-electron chi connectivity index (χ1n) is 4.81. The number of benzene rings is 1. The summed E-state index contributed by atoms with van der Waals surface area (Å²) in [5.41, 5.74) is 8.05. The highest BCUT2D eigenvalue weighted by molar-refractivity contribution is 5.42. The monoisotopic (exact) mass is 209 g/mol. The number of rotatable bonds is 3. The van der Waals surface area contributed by atoms with E-state index in [0.29, 0.717) is 12.0 Å². The molecule has 0 unspecified atom stereocenters. The molecule has 1 atom stereocenters. The van der Waals surface area contributed by atoms with Crippen LogP contribution in [0.3, 0.4) is 0 Å². The maximum atomic E-state index is 13.1. The molecular weight excluding hydrogens is 193 g/mol. The minimum Gasteiger partial charge on any atom is -0.505 e. The van der Waals surface area contributed by atoms with Crippen LogP contribution < -0.4 is 5.73 Å². The van der Waals surface area contributed by atoms with Gasteiger partial charge in [-0.2, -0.15) is 0 Å². The fourth-order valence-electron chi connectivity index (χ4n) is 1.63.